The molecule has 3 nitrogen and oxygen atoms in total. The molecule has 0 spiro atoms. The van der Waals surface area contributed by atoms with Crippen LogP contribution in [0.1, 0.15) is 18.4 Å². The van der Waals surface area contributed by atoms with Crippen LogP contribution in [-0.2, 0) is 16.1 Å². The summed E-state index contributed by atoms with van der Waals surface area (Å²) in [6.45, 7) is 1.73. The lowest BCUT2D eigenvalue weighted by molar-refractivity contribution is -0.140. The maximum absolute atomic E-state index is 10.9. The molecular formula is C13H18ClNO2. The molecule has 0 N–H and O–H groups in total. The van der Waals surface area contributed by atoms with Gasteiger partial charge in [-0.3, -0.25) is 4.79 Å². The van der Waals surface area contributed by atoms with E-state index >= 15 is 0 Å². The van der Waals surface area contributed by atoms with Crippen LogP contribution < -0.4 is 0 Å². The Kier molecular flexibility index (Phi) is 6.01. The SMILES string of the molecule is COC(=O)CCCN(C)Cc1ccc(Cl)cc1. The van der Waals surface area contributed by atoms with E-state index in [1.807, 2.05) is 31.3 Å². The molecule has 0 unspecified atom stereocenters. The zero-order chi connectivity index (χ0) is 12.7. The number of benzene rings is 1. The highest BCUT2D eigenvalue weighted by atomic mass is 35.5. The van der Waals surface area contributed by atoms with Crippen molar-refractivity contribution in [3.63, 3.8) is 0 Å². The third kappa shape index (κ3) is 5.71. The Bertz CT molecular complexity index is 351. The lowest BCUT2D eigenvalue weighted by Gasteiger charge is -2.16. The molecule has 0 aliphatic carbocycles. The molecule has 0 aromatic heterocycles. The van der Waals surface area contributed by atoms with Gasteiger partial charge in [0.1, 0.15) is 0 Å². The first-order chi connectivity index (χ1) is 8.11. The van der Waals surface area contributed by atoms with Crippen molar-refractivity contribution in [2.45, 2.75) is 19.4 Å². The van der Waals surface area contributed by atoms with E-state index in [0.29, 0.717) is 6.42 Å². The number of rotatable bonds is 6. The van der Waals surface area contributed by atoms with Gasteiger partial charge in [-0.15, -0.1) is 0 Å². The number of halogens is 1. The highest BCUT2D eigenvalue weighted by Gasteiger charge is 2.03. The lowest BCUT2D eigenvalue weighted by atomic mass is 10.2. The number of hydrogen-bond donors (Lipinski definition) is 0. The number of nitrogens with zero attached hydrogens (tertiary/aromatic N) is 1. The van der Waals surface area contributed by atoms with Crippen molar-refractivity contribution in [3.05, 3.63) is 34.9 Å². The number of ether oxygens (including phenoxy) is 1. The highest BCUT2D eigenvalue weighted by Crippen LogP contribution is 2.11. The first-order valence-electron chi connectivity index (χ1n) is 5.61. The van der Waals surface area contributed by atoms with E-state index in [0.717, 1.165) is 24.5 Å². The van der Waals surface area contributed by atoms with Crippen LogP contribution in [0.2, 0.25) is 5.02 Å². The van der Waals surface area contributed by atoms with E-state index in [-0.39, 0.29) is 5.97 Å². The van der Waals surface area contributed by atoms with Gasteiger partial charge in [-0.25, -0.2) is 0 Å². The standard InChI is InChI=1S/C13H18ClNO2/c1-15(9-3-4-13(16)17-2)10-11-5-7-12(14)8-6-11/h5-8H,3-4,9-10H2,1-2H3. The van der Waals surface area contributed by atoms with Crippen LogP contribution in [0.25, 0.3) is 0 Å². The maximum Gasteiger partial charge on any atom is 0.305 e. The molecule has 0 aliphatic heterocycles. The molecule has 17 heavy (non-hydrogen) atoms. The maximum atomic E-state index is 10.9. The molecule has 0 fully saturated rings. The lowest BCUT2D eigenvalue weighted by Crippen LogP contribution is -2.20. The minimum Gasteiger partial charge on any atom is -0.469 e. The quantitative estimate of drug-likeness (QED) is 0.732. The van der Waals surface area contributed by atoms with Gasteiger partial charge in [0.2, 0.25) is 0 Å². The number of carbonyl (C=O) groups is 1. The van der Waals surface area contributed by atoms with E-state index in [9.17, 15) is 4.79 Å². The monoisotopic (exact) mass is 255 g/mol. The Balaban J connectivity index is 2.27. The molecular weight excluding hydrogens is 238 g/mol. The molecule has 0 aliphatic rings. The van der Waals surface area contributed by atoms with Gasteiger partial charge in [0.15, 0.2) is 0 Å². The predicted molar refractivity (Wildman–Crippen MR) is 69.0 cm³/mol. The van der Waals surface area contributed by atoms with Crippen LogP contribution in [0.5, 0.6) is 0 Å². The van der Waals surface area contributed by atoms with E-state index < -0.39 is 0 Å². The zero-order valence-electron chi connectivity index (χ0n) is 10.3. The molecule has 1 aromatic carbocycles. The molecule has 0 saturated carbocycles. The second-order valence-electron chi connectivity index (χ2n) is 4.04. The van der Waals surface area contributed by atoms with Gasteiger partial charge >= 0.3 is 5.97 Å². The number of esters is 1. The largest absolute Gasteiger partial charge is 0.469 e. The van der Waals surface area contributed by atoms with E-state index in [1.165, 1.54) is 12.7 Å². The minimum atomic E-state index is -0.148. The van der Waals surface area contributed by atoms with Crippen molar-refractivity contribution in [2.75, 3.05) is 20.7 Å². The van der Waals surface area contributed by atoms with Crippen molar-refractivity contribution >= 4 is 17.6 Å². The van der Waals surface area contributed by atoms with Crippen molar-refractivity contribution in [1.29, 1.82) is 0 Å². The van der Waals surface area contributed by atoms with Crippen LogP contribution >= 0.6 is 11.6 Å². The summed E-state index contributed by atoms with van der Waals surface area (Å²) in [5, 5.41) is 0.752. The molecule has 0 amide bonds. The third-order valence-corrected chi connectivity index (χ3v) is 2.77. The summed E-state index contributed by atoms with van der Waals surface area (Å²) in [7, 11) is 3.45. The molecule has 0 saturated heterocycles. The smallest absolute Gasteiger partial charge is 0.305 e. The van der Waals surface area contributed by atoms with E-state index in [4.69, 9.17) is 11.6 Å². The fourth-order valence-electron chi connectivity index (χ4n) is 1.58. The summed E-state index contributed by atoms with van der Waals surface area (Å²) in [6.07, 6.45) is 1.29. The summed E-state index contributed by atoms with van der Waals surface area (Å²) in [5.74, 6) is -0.148. The van der Waals surface area contributed by atoms with Crippen LogP contribution in [0.4, 0.5) is 0 Å². The van der Waals surface area contributed by atoms with Gasteiger partial charge in [0.25, 0.3) is 0 Å². The normalized spacial score (nSPS) is 10.6. The Morgan fingerprint density at radius 2 is 2.00 bits per heavy atom. The molecule has 0 heterocycles. The first-order valence-corrected chi connectivity index (χ1v) is 5.99. The van der Waals surface area contributed by atoms with Crippen LogP contribution in [-0.4, -0.2) is 31.6 Å². The van der Waals surface area contributed by atoms with Gasteiger partial charge in [0, 0.05) is 18.0 Å². The van der Waals surface area contributed by atoms with Crippen LogP contribution in [0.15, 0.2) is 24.3 Å². The summed E-state index contributed by atoms with van der Waals surface area (Å²) >= 11 is 5.82. The average Bonchev–Trinajstić information content (AvgIpc) is 2.32. The van der Waals surface area contributed by atoms with Crippen LogP contribution in [0.3, 0.4) is 0 Å². The zero-order valence-corrected chi connectivity index (χ0v) is 11.0. The van der Waals surface area contributed by atoms with Gasteiger partial charge in [-0.05, 0) is 37.7 Å². The fraction of sp³-hybridized carbons (Fsp3) is 0.462. The van der Waals surface area contributed by atoms with Crippen molar-refractivity contribution in [3.8, 4) is 0 Å². The highest BCUT2D eigenvalue weighted by molar-refractivity contribution is 6.30. The van der Waals surface area contributed by atoms with Gasteiger partial charge < -0.3 is 9.64 Å². The number of methoxy groups -OCH3 is 1. The number of carbonyl (C=O) groups excluding carboxylic acids is 1. The van der Waals surface area contributed by atoms with Gasteiger partial charge in [-0.2, -0.15) is 0 Å². The molecule has 94 valence electrons. The van der Waals surface area contributed by atoms with Gasteiger partial charge in [0.05, 0.1) is 7.11 Å². The summed E-state index contributed by atoms with van der Waals surface area (Å²) in [5.41, 5.74) is 1.22. The number of hydrogen-bond acceptors (Lipinski definition) is 3. The summed E-state index contributed by atoms with van der Waals surface area (Å²) in [4.78, 5) is 13.1. The Morgan fingerprint density at radius 3 is 2.59 bits per heavy atom. The summed E-state index contributed by atoms with van der Waals surface area (Å²) in [6, 6.07) is 7.80. The Labute approximate surface area is 107 Å². The fourth-order valence-corrected chi connectivity index (χ4v) is 1.70. The van der Waals surface area contributed by atoms with Crippen molar-refractivity contribution in [1.82, 2.24) is 4.90 Å². The molecule has 0 atom stereocenters. The first kappa shape index (κ1) is 14.0. The average molecular weight is 256 g/mol. The second-order valence-corrected chi connectivity index (χ2v) is 4.48. The van der Waals surface area contributed by atoms with E-state index in [2.05, 4.69) is 9.64 Å². The Morgan fingerprint density at radius 1 is 1.35 bits per heavy atom. The Hall–Kier alpha value is -1.06. The topological polar surface area (TPSA) is 29.5 Å². The third-order valence-electron chi connectivity index (χ3n) is 2.51. The van der Waals surface area contributed by atoms with E-state index in [1.54, 1.807) is 0 Å². The summed E-state index contributed by atoms with van der Waals surface area (Å²) < 4.78 is 4.59. The molecule has 0 bridgehead atoms. The van der Waals surface area contributed by atoms with Gasteiger partial charge in [-0.1, -0.05) is 23.7 Å². The minimum absolute atomic E-state index is 0.148. The predicted octanol–water partition coefficient (Wildman–Crippen LogP) is 2.73. The molecule has 1 aromatic rings. The molecule has 0 radical (unpaired) electrons. The molecule has 1 rings (SSSR count). The van der Waals surface area contributed by atoms with Crippen LogP contribution in [0, 0.1) is 0 Å². The van der Waals surface area contributed by atoms with Crippen molar-refractivity contribution < 1.29 is 9.53 Å². The molecule has 4 heteroatoms. The second kappa shape index (κ2) is 7.30. The van der Waals surface area contributed by atoms with Crippen molar-refractivity contribution in [2.24, 2.45) is 0 Å².